The molecule has 0 saturated heterocycles. The first-order valence-electron chi connectivity index (χ1n) is 22.4. The van der Waals surface area contributed by atoms with E-state index in [4.69, 9.17) is 0 Å². The first-order valence-corrected chi connectivity index (χ1v) is 22.4. The van der Waals surface area contributed by atoms with Crippen LogP contribution in [0.4, 0.5) is 17.1 Å². The Morgan fingerprint density at radius 2 is 0.569 bits per heavy atom. The van der Waals surface area contributed by atoms with Crippen molar-refractivity contribution in [2.45, 2.75) is 0 Å². The first kappa shape index (κ1) is 38.2. The van der Waals surface area contributed by atoms with Crippen molar-refractivity contribution in [1.29, 1.82) is 0 Å². The Labute approximate surface area is 379 Å². The van der Waals surface area contributed by atoms with Crippen LogP contribution in [0.25, 0.3) is 98.7 Å². The minimum atomic E-state index is 1.08. The quantitative estimate of drug-likeness (QED) is 0.138. The van der Waals surface area contributed by atoms with Crippen molar-refractivity contribution in [2.24, 2.45) is 0 Å². The van der Waals surface area contributed by atoms with Gasteiger partial charge in [0.1, 0.15) is 0 Å². The highest BCUT2D eigenvalue weighted by Gasteiger charge is 2.21. The third-order valence-electron chi connectivity index (χ3n) is 13.1. The van der Waals surface area contributed by atoms with E-state index in [0.29, 0.717) is 0 Å². The minimum Gasteiger partial charge on any atom is -0.310 e. The summed E-state index contributed by atoms with van der Waals surface area (Å²) in [4.78, 5) is 2.42. The topological polar surface area (TPSA) is 3.24 Å². The van der Waals surface area contributed by atoms with Crippen molar-refractivity contribution < 1.29 is 0 Å². The van der Waals surface area contributed by atoms with E-state index in [2.05, 4.69) is 266 Å². The summed E-state index contributed by atoms with van der Waals surface area (Å²) < 4.78 is 0. The number of nitrogens with zero attached hydrogens (tertiary/aromatic N) is 1. The van der Waals surface area contributed by atoms with Crippen LogP contribution >= 0.6 is 0 Å². The molecule has 0 spiro atoms. The maximum Gasteiger partial charge on any atom is 0.0540 e. The summed E-state index contributed by atoms with van der Waals surface area (Å²) >= 11 is 0. The van der Waals surface area contributed by atoms with Crippen LogP contribution in [0.5, 0.6) is 0 Å². The number of para-hydroxylation sites is 1. The molecule has 0 amide bonds. The zero-order valence-corrected chi connectivity index (χ0v) is 35.8. The molecular weight excluding hydrogens is 783 g/mol. The lowest BCUT2D eigenvalue weighted by Crippen LogP contribution is -2.11. The van der Waals surface area contributed by atoms with Crippen LogP contribution in [0.1, 0.15) is 0 Å². The molecule has 0 aromatic heterocycles. The maximum absolute atomic E-state index is 2.42. The molecule has 0 radical (unpaired) electrons. The number of hydrogen-bond donors (Lipinski definition) is 0. The van der Waals surface area contributed by atoms with Gasteiger partial charge in [-0.15, -0.1) is 0 Å². The number of fused-ring (bicyclic) bond motifs is 6. The van der Waals surface area contributed by atoms with Crippen molar-refractivity contribution in [3.05, 3.63) is 261 Å². The lowest BCUT2D eigenvalue weighted by molar-refractivity contribution is 1.28. The second-order valence-electron chi connectivity index (χ2n) is 16.8. The van der Waals surface area contributed by atoms with E-state index in [1.807, 2.05) is 0 Å². The number of rotatable bonds is 8. The van der Waals surface area contributed by atoms with Gasteiger partial charge in [-0.05, 0) is 136 Å². The summed E-state index contributed by atoms with van der Waals surface area (Å²) in [6.45, 7) is 0. The summed E-state index contributed by atoms with van der Waals surface area (Å²) in [6, 6.07) is 95.3. The third-order valence-corrected chi connectivity index (χ3v) is 13.1. The fourth-order valence-corrected chi connectivity index (χ4v) is 9.86. The van der Waals surface area contributed by atoms with Crippen LogP contribution < -0.4 is 4.90 Å². The number of anilines is 3. The van der Waals surface area contributed by atoms with Crippen molar-refractivity contribution >= 4 is 60.2 Å². The lowest BCUT2D eigenvalue weighted by Gasteiger charge is -2.29. The van der Waals surface area contributed by atoms with Crippen LogP contribution in [0.3, 0.4) is 0 Å². The Morgan fingerprint density at radius 3 is 1.11 bits per heavy atom. The van der Waals surface area contributed by atoms with Crippen molar-refractivity contribution in [3.63, 3.8) is 0 Å². The van der Waals surface area contributed by atoms with Crippen LogP contribution in [-0.4, -0.2) is 0 Å². The van der Waals surface area contributed by atoms with Crippen LogP contribution in [0.2, 0.25) is 0 Å². The van der Waals surface area contributed by atoms with Crippen molar-refractivity contribution in [1.82, 2.24) is 0 Å². The van der Waals surface area contributed by atoms with E-state index in [1.54, 1.807) is 0 Å². The molecule has 0 bridgehead atoms. The summed E-state index contributed by atoms with van der Waals surface area (Å²) in [6.07, 6.45) is 0. The molecule has 12 aromatic carbocycles. The Hall–Kier alpha value is -8.52. The van der Waals surface area contributed by atoms with E-state index in [9.17, 15) is 0 Å². The Balaban J connectivity index is 0.977. The average Bonchev–Trinajstić information content (AvgIpc) is 3.39. The second kappa shape index (κ2) is 16.3. The highest BCUT2D eigenvalue weighted by molar-refractivity contribution is 6.09. The first-order chi connectivity index (χ1) is 32.2. The molecule has 12 aromatic rings. The second-order valence-corrected chi connectivity index (χ2v) is 16.8. The van der Waals surface area contributed by atoms with Crippen LogP contribution in [-0.2, 0) is 0 Å². The van der Waals surface area contributed by atoms with Gasteiger partial charge in [0.2, 0.25) is 0 Å². The van der Waals surface area contributed by atoms with Gasteiger partial charge in [0, 0.05) is 16.9 Å². The van der Waals surface area contributed by atoms with Crippen LogP contribution in [0.15, 0.2) is 261 Å². The summed E-state index contributed by atoms with van der Waals surface area (Å²) in [7, 11) is 0. The third kappa shape index (κ3) is 7.01. The lowest BCUT2D eigenvalue weighted by atomic mass is 9.88. The largest absolute Gasteiger partial charge is 0.310 e. The normalized spacial score (nSPS) is 11.4. The maximum atomic E-state index is 2.42. The predicted octanol–water partition coefficient (Wildman–Crippen LogP) is 18.1. The van der Waals surface area contributed by atoms with Gasteiger partial charge in [0.25, 0.3) is 0 Å². The Bertz CT molecular complexity index is 3530. The molecule has 0 aliphatic heterocycles. The monoisotopic (exact) mass is 825 g/mol. The Morgan fingerprint density at radius 1 is 0.200 bits per heavy atom. The number of benzene rings is 12. The van der Waals surface area contributed by atoms with Gasteiger partial charge >= 0.3 is 0 Å². The van der Waals surface area contributed by atoms with Crippen LogP contribution in [0, 0.1) is 0 Å². The standard InChI is InChI=1S/C64H43N/c1-2-14-46(15-3-1)57-20-8-9-21-60(57)61-22-10-11-23-62(61)63-24-12-13-25-64(63)65(53-36-30-44(31-37-53)49-34-40-58-51(42-49)28-26-47-16-4-6-18-55(47)58)54-38-32-45(33-39-54)50-35-41-59-52(43-50)29-27-48-17-5-7-19-56(48)59/h1-43H. The van der Waals surface area contributed by atoms with Gasteiger partial charge < -0.3 is 4.90 Å². The highest BCUT2D eigenvalue weighted by Crippen LogP contribution is 2.46. The molecule has 0 atom stereocenters. The molecule has 0 fully saturated rings. The predicted molar refractivity (Wildman–Crippen MR) is 278 cm³/mol. The van der Waals surface area contributed by atoms with Gasteiger partial charge in [-0.2, -0.15) is 0 Å². The minimum absolute atomic E-state index is 1.08. The van der Waals surface area contributed by atoms with E-state index in [0.717, 1.165) is 22.6 Å². The Kier molecular flexibility index (Phi) is 9.58. The SMILES string of the molecule is c1ccc(-c2ccccc2-c2ccccc2-c2ccccc2N(c2ccc(-c3ccc4c(ccc5ccccc54)c3)cc2)c2ccc(-c3ccc4c(ccc5ccccc54)c3)cc2)cc1. The smallest absolute Gasteiger partial charge is 0.0540 e. The molecular formula is C64H43N. The fourth-order valence-electron chi connectivity index (χ4n) is 9.86. The summed E-state index contributed by atoms with van der Waals surface area (Å²) in [5.74, 6) is 0. The molecule has 65 heavy (non-hydrogen) atoms. The molecule has 1 nitrogen and oxygen atoms in total. The van der Waals surface area contributed by atoms with E-state index in [-0.39, 0.29) is 0 Å². The van der Waals surface area contributed by atoms with Gasteiger partial charge in [-0.3, -0.25) is 0 Å². The van der Waals surface area contributed by atoms with Gasteiger partial charge in [0.15, 0.2) is 0 Å². The zero-order valence-electron chi connectivity index (χ0n) is 35.8. The zero-order chi connectivity index (χ0) is 43.1. The van der Waals surface area contributed by atoms with Crippen molar-refractivity contribution in [3.8, 4) is 55.6 Å². The average molecular weight is 826 g/mol. The molecule has 0 aliphatic carbocycles. The molecule has 304 valence electrons. The summed E-state index contributed by atoms with van der Waals surface area (Å²) in [5.41, 5.74) is 15.2. The van der Waals surface area contributed by atoms with E-state index >= 15 is 0 Å². The number of hydrogen-bond acceptors (Lipinski definition) is 1. The van der Waals surface area contributed by atoms with Crippen molar-refractivity contribution in [2.75, 3.05) is 4.90 Å². The molecule has 0 heterocycles. The highest BCUT2D eigenvalue weighted by atomic mass is 15.1. The van der Waals surface area contributed by atoms with E-state index < -0.39 is 0 Å². The molecule has 12 rings (SSSR count). The molecule has 0 saturated carbocycles. The summed E-state index contributed by atoms with van der Waals surface area (Å²) in [5, 5.41) is 10.1. The van der Waals surface area contributed by atoms with Gasteiger partial charge in [-0.1, -0.05) is 218 Å². The molecule has 0 aliphatic rings. The van der Waals surface area contributed by atoms with Gasteiger partial charge in [-0.25, -0.2) is 0 Å². The molecule has 0 unspecified atom stereocenters. The molecule has 0 N–H and O–H groups in total. The fraction of sp³-hybridized carbons (Fsp3) is 0. The van der Waals surface area contributed by atoms with Gasteiger partial charge in [0.05, 0.1) is 5.69 Å². The molecule has 1 heteroatoms. The van der Waals surface area contributed by atoms with E-state index in [1.165, 1.54) is 93.2 Å².